The summed E-state index contributed by atoms with van der Waals surface area (Å²) >= 11 is 1.82. The average Bonchev–Trinajstić information content (AvgIpc) is 2.91. The highest BCUT2D eigenvalue weighted by atomic mass is 32.2. The number of fused-ring (bicyclic) bond motifs is 1. The topological polar surface area (TPSA) is 81.8 Å². The van der Waals surface area contributed by atoms with E-state index in [1.165, 1.54) is 5.56 Å². The third-order valence-electron chi connectivity index (χ3n) is 6.05. The molecule has 1 aromatic carbocycles. The number of benzene rings is 1. The van der Waals surface area contributed by atoms with Crippen LogP contribution in [0.3, 0.4) is 0 Å². The molecule has 0 spiro atoms. The first-order valence-corrected chi connectivity index (χ1v) is 12.4. The highest BCUT2D eigenvalue weighted by Gasteiger charge is 2.42. The van der Waals surface area contributed by atoms with Crippen LogP contribution in [0.1, 0.15) is 44.6 Å². The molecule has 2 saturated heterocycles. The first-order chi connectivity index (χ1) is 15.0. The van der Waals surface area contributed by atoms with E-state index in [4.69, 9.17) is 0 Å². The molecule has 0 bridgehead atoms. The van der Waals surface area contributed by atoms with Crippen molar-refractivity contribution in [1.29, 1.82) is 0 Å². The maximum atomic E-state index is 13.4. The molecule has 2 fully saturated rings. The van der Waals surface area contributed by atoms with E-state index >= 15 is 0 Å². The Morgan fingerprint density at radius 2 is 2.00 bits per heavy atom. The van der Waals surface area contributed by atoms with Crippen molar-refractivity contribution in [2.24, 2.45) is 0 Å². The van der Waals surface area contributed by atoms with Gasteiger partial charge in [-0.3, -0.25) is 19.4 Å². The summed E-state index contributed by atoms with van der Waals surface area (Å²) in [6, 6.07) is 9.35. The molecule has 2 aliphatic heterocycles. The van der Waals surface area contributed by atoms with E-state index in [-0.39, 0.29) is 36.2 Å². The Bertz CT molecular complexity index is 756. The lowest BCUT2D eigenvalue weighted by Crippen LogP contribution is -2.61. The van der Waals surface area contributed by atoms with Crippen LogP contribution < -0.4 is 10.6 Å². The van der Waals surface area contributed by atoms with Gasteiger partial charge in [-0.15, -0.1) is 0 Å². The summed E-state index contributed by atoms with van der Waals surface area (Å²) in [5, 5.41) is 9.17. The third kappa shape index (κ3) is 6.01. The molecule has 0 aromatic heterocycles. The second-order valence-corrected chi connectivity index (χ2v) is 9.31. The highest BCUT2D eigenvalue weighted by molar-refractivity contribution is 7.99. The molecule has 3 atom stereocenters. The van der Waals surface area contributed by atoms with E-state index in [1.54, 1.807) is 17.1 Å². The standard InChI is InChI=1S/C23H34N4O3S/c1-3-19(24-2)22(29)25-20-11-12-21(28)26-14-7-10-18(27(26)23(20)30)16-31-15-13-17-8-5-4-6-9-17/h4-6,8-9,18-20,24H,3,7,10-16H2,1-2H3,(H,25,29)/t18-,19?,20-/m0/s1. The summed E-state index contributed by atoms with van der Waals surface area (Å²) < 4.78 is 0. The molecule has 7 nitrogen and oxygen atoms in total. The number of amides is 3. The maximum absolute atomic E-state index is 13.4. The van der Waals surface area contributed by atoms with Crippen LogP contribution in [0.15, 0.2) is 30.3 Å². The van der Waals surface area contributed by atoms with Gasteiger partial charge in [-0.25, -0.2) is 5.01 Å². The van der Waals surface area contributed by atoms with Crippen molar-refractivity contribution in [3.8, 4) is 0 Å². The van der Waals surface area contributed by atoms with Crippen LogP contribution in [-0.4, -0.2) is 71.0 Å². The number of hydrogen-bond acceptors (Lipinski definition) is 5. The van der Waals surface area contributed by atoms with E-state index in [0.29, 0.717) is 19.4 Å². The largest absolute Gasteiger partial charge is 0.343 e. The lowest BCUT2D eigenvalue weighted by molar-refractivity contribution is -0.171. The molecule has 1 unspecified atom stereocenters. The Labute approximate surface area is 189 Å². The third-order valence-corrected chi connectivity index (χ3v) is 7.16. The number of likely N-dealkylation sites (N-methyl/N-ethyl adjacent to an activating group) is 1. The summed E-state index contributed by atoms with van der Waals surface area (Å²) in [7, 11) is 1.74. The fourth-order valence-corrected chi connectivity index (χ4v) is 5.39. The van der Waals surface area contributed by atoms with Crippen molar-refractivity contribution in [1.82, 2.24) is 20.7 Å². The molecular weight excluding hydrogens is 412 g/mol. The number of thioether (sulfide) groups is 1. The second kappa shape index (κ2) is 11.5. The van der Waals surface area contributed by atoms with Gasteiger partial charge in [0.1, 0.15) is 6.04 Å². The molecule has 3 rings (SSSR count). The SMILES string of the molecule is CCC(NC)C(=O)N[C@H]1CCC(=O)N2CCC[C@@H](CSCCc3ccccc3)N2C1=O. The maximum Gasteiger partial charge on any atom is 0.264 e. The number of rotatable bonds is 9. The molecule has 0 radical (unpaired) electrons. The quantitative estimate of drug-likeness (QED) is 0.567. The van der Waals surface area contributed by atoms with Crippen LogP contribution in [0, 0.1) is 0 Å². The van der Waals surface area contributed by atoms with E-state index in [1.807, 2.05) is 36.9 Å². The Balaban J connectivity index is 1.64. The molecule has 31 heavy (non-hydrogen) atoms. The number of nitrogens with zero attached hydrogens (tertiary/aromatic N) is 2. The Hall–Kier alpha value is -2.06. The molecule has 170 valence electrons. The van der Waals surface area contributed by atoms with Crippen LogP contribution in [0.2, 0.25) is 0 Å². The molecular formula is C23H34N4O3S. The van der Waals surface area contributed by atoms with E-state index < -0.39 is 6.04 Å². The van der Waals surface area contributed by atoms with Crippen molar-refractivity contribution < 1.29 is 14.4 Å². The lowest BCUT2D eigenvalue weighted by Gasteiger charge is -2.43. The van der Waals surface area contributed by atoms with Gasteiger partial charge in [0, 0.05) is 18.7 Å². The van der Waals surface area contributed by atoms with Crippen LogP contribution in [0.25, 0.3) is 0 Å². The van der Waals surface area contributed by atoms with Gasteiger partial charge in [-0.2, -0.15) is 11.8 Å². The smallest absolute Gasteiger partial charge is 0.264 e. The lowest BCUT2D eigenvalue weighted by atomic mass is 10.1. The second-order valence-electron chi connectivity index (χ2n) is 8.16. The van der Waals surface area contributed by atoms with Crippen LogP contribution >= 0.6 is 11.8 Å². The van der Waals surface area contributed by atoms with Crippen molar-refractivity contribution in [3.05, 3.63) is 35.9 Å². The fourth-order valence-electron chi connectivity index (χ4n) is 4.26. The van der Waals surface area contributed by atoms with Gasteiger partial charge in [0.05, 0.1) is 12.1 Å². The molecule has 2 heterocycles. The minimum atomic E-state index is -0.654. The van der Waals surface area contributed by atoms with Crippen LogP contribution in [0.5, 0.6) is 0 Å². The summed E-state index contributed by atoms with van der Waals surface area (Å²) in [5.41, 5.74) is 1.30. The molecule has 0 aliphatic carbocycles. The van der Waals surface area contributed by atoms with Gasteiger partial charge >= 0.3 is 0 Å². The van der Waals surface area contributed by atoms with Gasteiger partial charge in [-0.05, 0) is 50.5 Å². The minimum Gasteiger partial charge on any atom is -0.343 e. The molecule has 1 aromatic rings. The highest BCUT2D eigenvalue weighted by Crippen LogP contribution is 2.27. The summed E-state index contributed by atoms with van der Waals surface area (Å²) in [5.74, 6) is 1.40. The number of nitrogens with one attached hydrogen (secondary N) is 2. The summed E-state index contributed by atoms with van der Waals surface area (Å²) in [6.07, 6.45) is 4.02. The predicted molar refractivity (Wildman–Crippen MR) is 123 cm³/mol. The van der Waals surface area contributed by atoms with Gasteiger partial charge in [0.2, 0.25) is 11.8 Å². The molecule has 3 amide bonds. The van der Waals surface area contributed by atoms with Gasteiger partial charge in [0.25, 0.3) is 5.91 Å². The van der Waals surface area contributed by atoms with Crippen molar-refractivity contribution in [2.45, 2.75) is 63.6 Å². The van der Waals surface area contributed by atoms with Gasteiger partial charge in [0.15, 0.2) is 0 Å². The van der Waals surface area contributed by atoms with Gasteiger partial charge in [-0.1, -0.05) is 37.3 Å². The monoisotopic (exact) mass is 446 g/mol. The average molecular weight is 447 g/mol. The van der Waals surface area contributed by atoms with E-state index in [0.717, 1.165) is 30.8 Å². The first-order valence-electron chi connectivity index (χ1n) is 11.3. The zero-order chi connectivity index (χ0) is 22.2. The molecule has 8 heteroatoms. The van der Waals surface area contributed by atoms with Crippen LogP contribution in [0.4, 0.5) is 0 Å². The zero-order valence-electron chi connectivity index (χ0n) is 18.5. The predicted octanol–water partition coefficient (Wildman–Crippen LogP) is 1.97. The van der Waals surface area contributed by atoms with Gasteiger partial charge < -0.3 is 10.6 Å². The van der Waals surface area contributed by atoms with E-state index in [9.17, 15) is 14.4 Å². The normalized spacial score (nSPS) is 22.6. The Kier molecular flexibility index (Phi) is 8.78. The fraction of sp³-hybridized carbons (Fsp3) is 0.609. The van der Waals surface area contributed by atoms with Crippen molar-refractivity contribution in [2.75, 3.05) is 25.1 Å². The van der Waals surface area contributed by atoms with Crippen molar-refractivity contribution >= 4 is 29.5 Å². The minimum absolute atomic E-state index is 0.0188. The number of hydrogen-bond donors (Lipinski definition) is 2. The number of carbonyl (C=O) groups excluding carboxylic acids is 3. The van der Waals surface area contributed by atoms with E-state index in [2.05, 4.69) is 22.8 Å². The number of hydrazine groups is 1. The molecule has 0 saturated carbocycles. The number of aryl methyl sites for hydroxylation is 1. The Morgan fingerprint density at radius 3 is 2.71 bits per heavy atom. The molecule has 2 N–H and O–H groups in total. The van der Waals surface area contributed by atoms with Crippen molar-refractivity contribution in [3.63, 3.8) is 0 Å². The number of carbonyl (C=O) groups is 3. The first kappa shape index (κ1) is 23.6. The van der Waals surface area contributed by atoms with Crippen LogP contribution in [-0.2, 0) is 20.8 Å². The summed E-state index contributed by atoms with van der Waals surface area (Å²) in [6.45, 7) is 2.50. The zero-order valence-corrected chi connectivity index (χ0v) is 19.3. The molecule has 2 aliphatic rings. The summed E-state index contributed by atoms with van der Waals surface area (Å²) in [4.78, 5) is 38.7. The Morgan fingerprint density at radius 1 is 1.23 bits per heavy atom.